The smallest absolute Gasteiger partial charge is 0.265 e. The molecule has 4 aromatic rings. The van der Waals surface area contributed by atoms with Crippen LogP contribution in [-0.2, 0) is 9.59 Å². The Labute approximate surface area is 313 Å². The fraction of sp³-hybridized carbons (Fsp3) is 0.381. The first-order valence-corrected chi connectivity index (χ1v) is 19.4. The quantitative estimate of drug-likeness (QED) is 0.202. The van der Waals surface area contributed by atoms with Gasteiger partial charge < -0.3 is 29.9 Å². The number of benzene rings is 4. The van der Waals surface area contributed by atoms with E-state index < -0.39 is 0 Å². The normalized spacial score (nSPS) is 27.1. The van der Waals surface area contributed by atoms with Crippen molar-refractivity contribution in [1.82, 2.24) is 10.6 Å². The molecule has 0 aromatic heterocycles. The van der Waals surface area contributed by atoms with Gasteiger partial charge in [-0.3, -0.25) is 9.59 Å². The standard InChI is InChI=1S/C42H40Cl2N4O4/c43-41-29(23-9-13-35-37(17-23)51-21-39(49)47(35)19-33-25-7-11-27(15-25)45-33)3-1-5-31(41)32-6-2-4-30(42(32)44)24-10-14-36-38(18-24)52-22-40(50)48(36)20-34-26-8-12-28(16-26)46-34/h1-6,9-10,13-14,17-18,25-28,33-34,45-46H,7-8,11-12,15-16,19-22H2/t25?,26?,27?,28?,33-,34-/m1/s1. The van der Waals surface area contributed by atoms with Crippen LogP contribution in [0.2, 0.25) is 10.0 Å². The number of carbonyl (C=O) groups is 2. The third-order valence-electron chi connectivity index (χ3n) is 12.5. The van der Waals surface area contributed by atoms with Gasteiger partial charge in [-0.2, -0.15) is 0 Å². The summed E-state index contributed by atoms with van der Waals surface area (Å²) in [6.45, 7) is 1.36. The molecule has 0 spiro atoms. The van der Waals surface area contributed by atoms with Crippen LogP contribution in [0, 0.1) is 11.8 Å². The number of ether oxygens (including phenoxy) is 2. The molecule has 10 rings (SSSR count). The fourth-order valence-electron chi connectivity index (χ4n) is 9.81. The lowest BCUT2D eigenvalue weighted by molar-refractivity contribution is -0.122. The van der Waals surface area contributed by atoms with Crippen molar-refractivity contribution in [2.45, 2.75) is 62.7 Å². The third kappa shape index (κ3) is 5.49. The van der Waals surface area contributed by atoms with Crippen LogP contribution < -0.4 is 29.9 Å². The van der Waals surface area contributed by atoms with Crippen LogP contribution in [0.15, 0.2) is 72.8 Å². The van der Waals surface area contributed by atoms with Gasteiger partial charge in [-0.1, -0.05) is 71.7 Å². The number of carbonyl (C=O) groups excluding carboxylic acids is 2. The lowest BCUT2D eigenvalue weighted by Crippen LogP contribution is -2.49. The van der Waals surface area contributed by atoms with Crippen LogP contribution in [-0.4, -0.2) is 62.3 Å². The predicted octanol–water partition coefficient (Wildman–Crippen LogP) is 7.73. The molecule has 4 heterocycles. The van der Waals surface area contributed by atoms with E-state index in [9.17, 15) is 9.59 Å². The van der Waals surface area contributed by atoms with E-state index in [0.29, 0.717) is 70.6 Å². The van der Waals surface area contributed by atoms with Crippen LogP contribution in [0.5, 0.6) is 11.5 Å². The summed E-state index contributed by atoms with van der Waals surface area (Å²) in [6, 6.07) is 25.7. The molecule has 52 heavy (non-hydrogen) atoms. The SMILES string of the molecule is O=C1COc2cc(-c3cccc(-c4cccc(-c5ccc6c(c5)OCC(=O)N6C[C@H]5NC6CCC5C6)c4Cl)c3Cl)ccc2N1C[C@H]1NC2CCC1C2. The zero-order chi connectivity index (χ0) is 35.1. The van der Waals surface area contributed by atoms with Gasteiger partial charge in [0.05, 0.1) is 21.4 Å². The summed E-state index contributed by atoms with van der Waals surface area (Å²) in [4.78, 5) is 29.8. The molecular formula is C42H40Cl2N4O4. The Morgan fingerprint density at radius 3 is 1.44 bits per heavy atom. The van der Waals surface area contributed by atoms with Gasteiger partial charge in [0, 0.05) is 59.5 Å². The van der Waals surface area contributed by atoms with Crippen molar-refractivity contribution in [2.24, 2.45) is 11.8 Å². The van der Waals surface area contributed by atoms with E-state index in [1.165, 1.54) is 38.5 Å². The van der Waals surface area contributed by atoms with Crippen LogP contribution in [0.25, 0.3) is 33.4 Å². The average molecular weight is 736 g/mol. The molecule has 4 aliphatic heterocycles. The Morgan fingerprint density at radius 1 is 0.596 bits per heavy atom. The summed E-state index contributed by atoms with van der Waals surface area (Å²) in [5.74, 6) is 2.61. The Morgan fingerprint density at radius 2 is 1.04 bits per heavy atom. The highest BCUT2D eigenvalue weighted by atomic mass is 35.5. The number of amides is 2. The van der Waals surface area contributed by atoms with E-state index in [-0.39, 0.29) is 25.0 Å². The van der Waals surface area contributed by atoms with Gasteiger partial charge in [-0.05, 0) is 85.8 Å². The molecule has 2 aliphatic carbocycles. The zero-order valence-corrected chi connectivity index (χ0v) is 30.3. The van der Waals surface area contributed by atoms with Crippen LogP contribution in [0.3, 0.4) is 0 Å². The lowest BCUT2D eigenvalue weighted by Gasteiger charge is -2.34. The van der Waals surface area contributed by atoms with Gasteiger partial charge in [0.15, 0.2) is 13.2 Å². The van der Waals surface area contributed by atoms with E-state index in [0.717, 1.165) is 44.8 Å². The number of hydrogen-bond donors (Lipinski definition) is 2. The minimum atomic E-state index is -0.0105. The van der Waals surface area contributed by atoms with Crippen LogP contribution >= 0.6 is 23.2 Å². The molecule has 6 atom stereocenters. The number of nitrogens with zero attached hydrogens (tertiary/aromatic N) is 2. The Balaban J connectivity index is 0.928. The first-order valence-electron chi connectivity index (χ1n) is 18.6. The summed E-state index contributed by atoms with van der Waals surface area (Å²) in [5.41, 5.74) is 6.73. The summed E-state index contributed by atoms with van der Waals surface area (Å²) < 4.78 is 12.0. The number of fused-ring (bicyclic) bond motifs is 6. The molecular weight excluding hydrogens is 695 g/mol. The molecule has 2 amide bonds. The maximum atomic E-state index is 13.0. The maximum Gasteiger partial charge on any atom is 0.265 e. The predicted molar refractivity (Wildman–Crippen MR) is 205 cm³/mol. The van der Waals surface area contributed by atoms with Crippen molar-refractivity contribution in [2.75, 3.05) is 36.1 Å². The highest BCUT2D eigenvalue weighted by molar-refractivity contribution is 6.39. The van der Waals surface area contributed by atoms with Crippen molar-refractivity contribution < 1.29 is 19.1 Å². The van der Waals surface area contributed by atoms with Crippen molar-refractivity contribution in [3.05, 3.63) is 82.8 Å². The molecule has 266 valence electrons. The molecule has 10 heteroatoms. The van der Waals surface area contributed by atoms with Gasteiger partial charge in [0.25, 0.3) is 11.8 Å². The van der Waals surface area contributed by atoms with Crippen LogP contribution in [0.1, 0.15) is 38.5 Å². The lowest BCUT2D eigenvalue weighted by atomic mass is 9.95. The number of halogens is 2. The fourth-order valence-corrected chi connectivity index (χ4v) is 10.5. The van der Waals surface area contributed by atoms with Crippen molar-refractivity contribution in [3.8, 4) is 44.9 Å². The number of rotatable bonds is 7. The number of nitrogens with one attached hydrogen (secondary N) is 2. The van der Waals surface area contributed by atoms with Gasteiger partial charge in [0.2, 0.25) is 0 Å². The van der Waals surface area contributed by atoms with Gasteiger partial charge in [-0.25, -0.2) is 0 Å². The average Bonchev–Trinajstić information content (AvgIpc) is 3.98. The molecule has 6 aliphatic rings. The molecule has 2 N–H and O–H groups in total. The Bertz CT molecular complexity index is 1970. The van der Waals surface area contributed by atoms with Crippen molar-refractivity contribution in [1.29, 1.82) is 0 Å². The molecule has 4 bridgehead atoms. The molecule has 4 fully saturated rings. The van der Waals surface area contributed by atoms with E-state index in [2.05, 4.69) is 10.6 Å². The Kier molecular flexibility index (Phi) is 8.01. The number of anilines is 2. The number of hydrogen-bond acceptors (Lipinski definition) is 6. The maximum absolute atomic E-state index is 13.0. The van der Waals surface area contributed by atoms with Crippen molar-refractivity contribution >= 4 is 46.4 Å². The highest BCUT2D eigenvalue weighted by Crippen LogP contribution is 2.46. The van der Waals surface area contributed by atoms with E-state index in [1.54, 1.807) is 0 Å². The minimum Gasteiger partial charge on any atom is -0.482 e. The topological polar surface area (TPSA) is 83.1 Å². The number of piperidine rings is 2. The van der Waals surface area contributed by atoms with Crippen LogP contribution in [0.4, 0.5) is 11.4 Å². The molecule has 8 nitrogen and oxygen atoms in total. The molecule has 2 saturated carbocycles. The van der Waals surface area contributed by atoms with Crippen molar-refractivity contribution in [3.63, 3.8) is 0 Å². The first kappa shape index (κ1) is 32.6. The summed E-state index contributed by atoms with van der Waals surface area (Å²) in [7, 11) is 0. The van der Waals surface area contributed by atoms with E-state index >= 15 is 0 Å². The molecule has 2 saturated heterocycles. The molecule has 0 radical (unpaired) electrons. The summed E-state index contributed by atoms with van der Waals surface area (Å²) >= 11 is 14.4. The highest BCUT2D eigenvalue weighted by Gasteiger charge is 2.42. The second-order valence-electron chi connectivity index (χ2n) is 15.4. The largest absolute Gasteiger partial charge is 0.482 e. The summed E-state index contributed by atoms with van der Waals surface area (Å²) in [5, 5.41) is 8.60. The van der Waals surface area contributed by atoms with E-state index in [4.69, 9.17) is 32.7 Å². The Hall–Kier alpha value is -4.08. The monoisotopic (exact) mass is 734 g/mol. The molecule has 4 unspecified atom stereocenters. The van der Waals surface area contributed by atoms with Gasteiger partial charge in [-0.15, -0.1) is 0 Å². The third-order valence-corrected chi connectivity index (χ3v) is 13.3. The minimum absolute atomic E-state index is 0.0105. The summed E-state index contributed by atoms with van der Waals surface area (Å²) in [6.07, 6.45) is 7.35. The zero-order valence-electron chi connectivity index (χ0n) is 28.7. The second-order valence-corrected chi connectivity index (χ2v) is 16.1. The molecule has 4 aromatic carbocycles. The van der Waals surface area contributed by atoms with Gasteiger partial charge >= 0.3 is 0 Å². The van der Waals surface area contributed by atoms with E-state index in [1.807, 2.05) is 82.6 Å². The first-order chi connectivity index (χ1) is 25.4. The van der Waals surface area contributed by atoms with Gasteiger partial charge in [0.1, 0.15) is 11.5 Å². The second kappa shape index (κ2) is 12.8.